The van der Waals surface area contributed by atoms with Crippen LogP contribution in [0.1, 0.15) is 40.3 Å². The highest BCUT2D eigenvalue weighted by molar-refractivity contribution is 6.05. The van der Waals surface area contributed by atoms with Crippen molar-refractivity contribution in [3.8, 4) is 17.5 Å². The number of nitrogens with zero attached hydrogens (tertiary/aromatic N) is 8. The Balaban J connectivity index is 1.48. The number of nitrogen functional groups attached to an aromatic ring is 1. The molecule has 6 rings (SSSR count). The Kier molecular flexibility index (Phi) is 6.01. The maximum Gasteiger partial charge on any atom is 0.267 e. The molecule has 1 amide bonds. The minimum Gasteiger partial charge on any atom is -0.381 e. The standard InChI is InChI=1S/C28H22N10O2/c1-17(33-27(39)24-22-14-30-16-32-38(22)35-25(24)29)26-34-21-10-6-7-19(12-11-18-13-31-36(2)15-18)23(21)28(40)37(26)20-8-4-3-5-9-20/h3-10,13-17H,1-2H3,(H2,29,35)(H,33,39)/t17-/m0/s1. The van der Waals surface area contributed by atoms with Gasteiger partial charge in [-0.1, -0.05) is 36.1 Å². The number of aryl methyl sites for hydroxylation is 1. The number of carbonyl (C=O) groups excluding carboxylic acids is 1. The summed E-state index contributed by atoms with van der Waals surface area (Å²) in [6.45, 7) is 1.75. The quantitative estimate of drug-likeness (QED) is 0.329. The molecule has 0 saturated carbocycles. The Morgan fingerprint density at radius 3 is 2.65 bits per heavy atom. The number of aromatic nitrogens is 8. The third kappa shape index (κ3) is 4.31. The lowest BCUT2D eigenvalue weighted by atomic mass is 10.1. The number of rotatable bonds is 4. The van der Waals surface area contributed by atoms with Gasteiger partial charge in [-0.05, 0) is 31.2 Å². The van der Waals surface area contributed by atoms with Crippen LogP contribution in [0.2, 0.25) is 0 Å². The molecule has 0 fully saturated rings. The fraction of sp³-hybridized carbons (Fsp3) is 0.107. The lowest BCUT2D eigenvalue weighted by Crippen LogP contribution is -2.33. The molecule has 0 aliphatic rings. The zero-order valence-corrected chi connectivity index (χ0v) is 21.5. The van der Waals surface area contributed by atoms with Crippen molar-refractivity contribution in [2.75, 3.05) is 5.73 Å². The van der Waals surface area contributed by atoms with E-state index in [-0.39, 0.29) is 16.9 Å². The lowest BCUT2D eigenvalue weighted by Gasteiger charge is -2.20. The highest BCUT2D eigenvalue weighted by Crippen LogP contribution is 2.22. The number of fused-ring (bicyclic) bond motifs is 2. The first-order chi connectivity index (χ1) is 19.4. The fourth-order valence-electron chi connectivity index (χ4n) is 4.48. The summed E-state index contributed by atoms with van der Waals surface area (Å²) < 4.78 is 4.39. The van der Waals surface area contributed by atoms with Gasteiger partial charge in [-0.3, -0.25) is 18.8 Å². The number of anilines is 1. The van der Waals surface area contributed by atoms with Gasteiger partial charge in [-0.15, -0.1) is 14.8 Å². The van der Waals surface area contributed by atoms with E-state index in [1.54, 1.807) is 54.3 Å². The van der Waals surface area contributed by atoms with Crippen molar-refractivity contribution in [1.82, 2.24) is 44.5 Å². The van der Waals surface area contributed by atoms with E-state index in [2.05, 4.69) is 37.4 Å². The van der Waals surface area contributed by atoms with Gasteiger partial charge < -0.3 is 11.1 Å². The normalized spacial score (nSPS) is 11.8. The molecule has 2 aromatic carbocycles. The van der Waals surface area contributed by atoms with Crippen LogP contribution in [0.3, 0.4) is 0 Å². The molecular formula is C28H22N10O2. The number of benzene rings is 2. The van der Waals surface area contributed by atoms with Crippen LogP contribution in [-0.4, -0.2) is 45.1 Å². The van der Waals surface area contributed by atoms with Gasteiger partial charge >= 0.3 is 0 Å². The summed E-state index contributed by atoms with van der Waals surface area (Å²) in [6, 6.07) is 13.7. The van der Waals surface area contributed by atoms with E-state index in [0.29, 0.717) is 33.5 Å². The molecule has 4 aromatic heterocycles. The van der Waals surface area contributed by atoms with Crippen molar-refractivity contribution in [2.45, 2.75) is 13.0 Å². The second-order valence-electron chi connectivity index (χ2n) is 9.04. The first-order valence-corrected chi connectivity index (χ1v) is 12.3. The summed E-state index contributed by atoms with van der Waals surface area (Å²) in [5, 5.41) is 15.5. The minimum absolute atomic E-state index is 0.00829. The van der Waals surface area contributed by atoms with Crippen LogP contribution in [0.4, 0.5) is 5.82 Å². The summed E-state index contributed by atoms with van der Waals surface area (Å²) in [4.78, 5) is 36.3. The molecule has 0 aliphatic heterocycles. The average molecular weight is 531 g/mol. The van der Waals surface area contributed by atoms with Gasteiger partial charge in [0.15, 0.2) is 5.82 Å². The Hall–Kier alpha value is -5.83. The minimum atomic E-state index is -0.700. The van der Waals surface area contributed by atoms with E-state index in [1.807, 2.05) is 25.2 Å². The van der Waals surface area contributed by atoms with Gasteiger partial charge in [0.1, 0.15) is 23.2 Å². The van der Waals surface area contributed by atoms with E-state index in [9.17, 15) is 9.59 Å². The summed E-state index contributed by atoms with van der Waals surface area (Å²) in [5.74, 6) is 6.00. The number of para-hydroxylation sites is 1. The molecule has 6 aromatic rings. The molecule has 0 saturated heterocycles. The van der Waals surface area contributed by atoms with Crippen LogP contribution in [0.25, 0.3) is 22.1 Å². The smallest absolute Gasteiger partial charge is 0.267 e. The molecule has 3 N–H and O–H groups in total. The highest BCUT2D eigenvalue weighted by atomic mass is 16.2. The van der Waals surface area contributed by atoms with Crippen LogP contribution >= 0.6 is 0 Å². The van der Waals surface area contributed by atoms with Crippen molar-refractivity contribution in [2.24, 2.45) is 7.05 Å². The van der Waals surface area contributed by atoms with Crippen LogP contribution < -0.4 is 16.6 Å². The molecule has 12 heteroatoms. The summed E-state index contributed by atoms with van der Waals surface area (Å²) in [5.41, 5.74) is 8.51. The molecule has 0 unspecified atom stereocenters. The average Bonchev–Trinajstić information content (AvgIpc) is 3.53. The van der Waals surface area contributed by atoms with Crippen molar-refractivity contribution in [1.29, 1.82) is 0 Å². The SMILES string of the molecule is C[C@H](NC(=O)c1c(N)nn2ncncc12)c1nc2cccc(C#Cc3cnn(C)c3)c2c(=O)n1-c1ccccc1. The van der Waals surface area contributed by atoms with Crippen molar-refractivity contribution in [3.05, 3.63) is 106 Å². The van der Waals surface area contributed by atoms with E-state index in [0.717, 1.165) is 5.56 Å². The topological polar surface area (TPSA) is 151 Å². The van der Waals surface area contributed by atoms with E-state index < -0.39 is 11.9 Å². The number of hydrogen-bond acceptors (Lipinski definition) is 8. The lowest BCUT2D eigenvalue weighted by molar-refractivity contribution is 0.0940. The molecule has 0 aliphatic carbocycles. The molecule has 0 radical (unpaired) electrons. The van der Waals surface area contributed by atoms with Gasteiger partial charge in [-0.2, -0.15) is 5.10 Å². The van der Waals surface area contributed by atoms with E-state index in [4.69, 9.17) is 10.7 Å². The number of nitrogens with one attached hydrogen (secondary N) is 1. The second-order valence-corrected chi connectivity index (χ2v) is 9.04. The van der Waals surface area contributed by atoms with Crippen LogP contribution in [0.5, 0.6) is 0 Å². The van der Waals surface area contributed by atoms with E-state index >= 15 is 0 Å². The second kappa shape index (κ2) is 9.80. The molecular weight excluding hydrogens is 508 g/mol. The number of nitrogens with two attached hydrogens (primary N) is 1. The Labute approximate surface area is 227 Å². The number of amides is 1. The van der Waals surface area contributed by atoms with Gasteiger partial charge in [0.2, 0.25) is 0 Å². The fourth-order valence-corrected chi connectivity index (χ4v) is 4.48. The Bertz CT molecular complexity index is 2030. The predicted octanol–water partition coefficient (Wildman–Crippen LogP) is 2.03. The zero-order chi connectivity index (χ0) is 27.8. The zero-order valence-electron chi connectivity index (χ0n) is 21.5. The molecule has 12 nitrogen and oxygen atoms in total. The molecule has 0 spiro atoms. The Morgan fingerprint density at radius 2 is 1.88 bits per heavy atom. The van der Waals surface area contributed by atoms with Crippen LogP contribution in [0, 0.1) is 11.8 Å². The molecule has 40 heavy (non-hydrogen) atoms. The first-order valence-electron chi connectivity index (χ1n) is 12.3. The summed E-state index contributed by atoms with van der Waals surface area (Å²) in [6.07, 6.45) is 6.21. The van der Waals surface area contributed by atoms with Gasteiger partial charge in [0.05, 0.1) is 40.6 Å². The first kappa shape index (κ1) is 24.5. The maximum atomic E-state index is 14.1. The van der Waals surface area contributed by atoms with E-state index in [1.165, 1.54) is 21.7 Å². The molecule has 196 valence electrons. The largest absolute Gasteiger partial charge is 0.381 e. The van der Waals surface area contributed by atoms with Gasteiger partial charge in [-0.25, -0.2) is 9.97 Å². The monoisotopic (exact) mass is 530 g/mol. The molecule has 0 bridgehead atoms. The third-order valence-corrected chi connectivity index (χ3v) is 6.30. The highest BCUT2D eigenvalue weighted by Gasteiger charge is 2.24. The van der Waals surface area contributed by atoms with Crippen molar-refractivity contribution >= 4 is 28.1 Å². The van der Waals surface area contributed by atoms with Crippen LogP contribution in [0.15, 0.2) is 78.2 Å². The third-order valence-electron chi connectivity index (χ3n) is 6.30. The number of hydrogen-bond donors (Lipinski definition) is 2. The van der Waals surface area contributed by atoms with Gasteiger partial charge in [0.25, 0.3) is 11.5 Å². The Morgan fingerprint density at radius 1 is 1.05 bits per heavy atom. The van der Waals surface area contributed by atoms with Gasteiger partial charge in [0, 0.05) is 18.8 Å². The molecule has 4 heterocycles. The van der Waals surface area contributed by atoms with Crippen molar-refractivity contribution in [3.63, 3.8) is 0 Å². The van der Waals surface area contributed by atoms with Crippen LogP contribution in [-0.2, 0) is 7.05 Å². The van der Waals surface area contributed by atoms with Crippen molar-refractivity contribution < 1.29 is 4.79 Å². The predicted molar refractivity (Wildman–Crippen MR) is 148 cm³/mol. The maximum absolute atomic E-state index is 14.1. The number of carbonyl (C=O) groups is 1. The summed E-state index contributed by atoms with van der Waals surface area (Å²) in [7, 11) is 1.81. The molecule has 1 atom stereocenters. The summed E-state index contributed by atoms with van der Waals surface area (Å²) >= 11 is 0.